The molecular weight excluding hydrogens is 701 g/mol. The fraction of sp³-hybridized carbons (Fsp3) is 0.107. The molecule has 0 bridgehead atoms. The van der Waals surface area contributed by atoms with Crippen LogP contribution < -0.4 is 9.80 Å². The molecule has 0 aromatic heterocycles. The van der Waals surface area contributed by atoms with Crippen LogP contribution in [0.15, 0.2) is 194 Å². The van der Waals surface area contributed by atoms with E-state index in [0.29, 0.717) is 0 Å². The molecule has 278 valence electrons. The monoisotopic (exact) mass is 744 g/mol. The summed E-state index contributed by atoms with van der Waals surface area (Å²) < 4.78 is 0. The molecular formula is C56H44N2. The SMILES string of the molecule is CC1(C)c2ccccc2-c2ccc(N(c3ccccc3)c3cc(N(c4ccccc4)c4ccc5ccccc5c4)c4cc5c(cc4c3)C(C)(C)c3ccccc3-5)cc21. The lowest BCUT2D eigenvalue weighted by molar-refractivity contribution is 0.660. The van der Waals surface area contributed by atoms with Crippen LogP contribution >= 0.6 is 0 Å². The second kappa shape index (κ2) is 12.8. The van der Waals surface area contributed by atoms with Crippen LogP contribution in [0.1, 0.15) is 49.9 Å². The van der Waals surface area contributed by atoms with Crippen LogP contribution in [-0.4, -0.2) is 0 Å². The van der Waals surface area contributed by atoms with E-state index in [2.05, 4.69) is 232 Å². The standard InChI is InChI=1S/C56H44N2/c1-55(2)51-26-16-14-24-46(51)49-36-48-39(33-52(49)55)32-44(35-54(48)58(41-21-9-6-10-22-41)42-28-27-37-17-11-12-18-38(37)31-42)57(40-19-7-5-8-20-40)43-29-30-47-45-23-13-15-25-50(45)56(3,4)53(47)34-43/h5-36H,1-4H3. The average molecular weight is 745 g/mol. The Balaban J connectivity index is 1.21. The third-order valence-electron chi connectivity index (χ3n) is 13.0. The van der Waals surface area contributed by atoms with Crippen molar-refractivity contribution in [3.63, 3.8) is 0 Å². The van der Waals surface area contributed by atoms with E-state index in [0.717, 1.165) is 34.1 Å². The van der Waals surface area contributed by atoms with Crippen LogP contribution in [0.3, 0.4) is 0 Å². The minimum absolute atomic E-state index is 0.125. The molecule has 0 unspecified atom stereocenters. The van der Waals surface area contributed by atoms with Gasteiger partial charge in [0.05, 0.1) is 5.69 Å². The predicted molar refractivity (Wildman–Crippen MR) is 246 cm³/mol. The Morgan fingerprint density at radius 1 is 0.293 bits per heavy atom. The van der Waals surface area contributed by atoms with Gasteiger partial charge in [0.2, 0.25) is 0 Å². The zero-order valence-corrected chi connectivity index (χ0v) is 33.4. The first-order valence-corrected chi connectivity index (χ1v) is 20.4. The number of hydrogen-bond acceptors (Lipinski definition) is 2. The third kappa shape index (κ3) is 5.18. The van der Waals surface area contributed by atoms with E-state index in [-0.39, 0.29) is 10.8 Å². The molecule has 58 heavy (non-hydrogen) atoms. The summed E-state index contributed by atoms with van der Waals surface area (Å²) in [7, 11) is 0. The second-order valence-corrected chi connectivity index (χ2v) is 17.0. The Morgan fingerprint density at radius 2 is 0.793 bits per heavy atom. The van der Waals surface area contributed by atoms with Crippen LogP contribution in [0.2, 0.25) is 0 Å². The summed E-state index contributed by atoms with van der Waals surface area (Å²) in [5.41, 5.74) is 17.2. The highest BCUT2D eigenvalue weighted by Gasteiger charge is 2.37. The first-order chi connectivity index (χ1) is 28.3. The Bertz CT molecular complexity index is 3070. The number of fused-ring (bicyclic) bond motifs is 8. The summed E-state index contributed by atoms with van der Waals surface area (Å²) in [4.78, 5) is 4.92. The number of rotatable bonds is 6. The van der Waals surface area contributed by atoms with E-state index in [1.54, 1.807) is 0 Å². The van der Waals surface area contributed by atoms with Gasteiger partial charge in [0.15, 0.2) is 0 Å². The highest BCUT2D eigenvalue weighted by molar-refractivity contribution is 6.06. The van der Waals surface area contributed by atoms with Gasteiger partial charge in [-0.05, 0) is 133 Å². The van der Waals surface area contributed by atoms with Crippen LogP contribution in [0.25, 0.3) is 43.8 Å². The van der Waals surface area contributed by atoms with Gasteiger partial charge in [-0.1, -0.05) is 149 Å². The zero-order valence-electron chi connectivity index (χ0n) is 33.4. The predicted octanol–water partition coefficient (Wildman–Crippen LogP) is 15.5. The lowest BCUT2D eigenvalue weighted by Crippen LogP contribution is -2.17. The minimum atomic E-state index is -0.132. The summed E-state index contributed by atoms with van der Waals surface area (Å²) in [5, 5.41) is 4.87. The van der Waals surface area contributed by atoms with E-state index >= 15 is 0 Å². The third-order valence-corrected chi connectivity index (χ3v) is 13.0. The van der Waals surface area contributed by atoms with Crippen molar-refractivity contribution in [1.29, 1.82) is 0 Å². The van der Waals surface area contributed by atoms with Crippen molar-refractivity contribution >= 4 is 55.7 Å². The van der Waals surface area contributed by atoms with Crippen molar-refractivity contribution in [1.82, 2.24) is 0 Å². The number of benzene rings is 9. The van der Waals surface area contributed by atoms with Gasteiger partial charge in [0.1, 0.15) is 0 Å². The fourth-order valence-electron chi connectivity index (χ4n) is 10.0. The Hall–Kier alpha value is -6.90. The van der Waals surface area contributed by atoms with Gasteiger partial charge >= 0.3 is 0 Å². The highest BCUT2D eigenvalue weighted by atomic mass is 15.2. The van der Waals surface area contributed by atoms with Crippen LogP contribution in [0.4, 0.5) is 34.1 Å². The Labute approximate surface area is 341 Å². The Kier molecular flexibility index (Phi) is 7.59. The molecule has 0 N–H and O–H groups in total. The fourth-order valence-corrected chi connectivity index (χ4v) is 10.0. The maximum absolute atomic E-state index is 2.48. The van der Waals surface area contributed by atoms with Crippen LogP contribution in [-0.2, 0) is 10.8 Å². The largest absolute Gasteiger partial charge is 0.310 e. The molecule has 2 nitrogen and oxygen atoms in total. The molecule has 2 aliphatic rings. The van der Waals surface area contributed by atoms with Crippen molar-refractivity contribution in [2.75, 3.05) is 9.80 Å². The molecule has 0 heterocycles. The van der Waals surface area contributed by atoms with E-state index in [9.17, 15) is 0 Å². The van der Waals surface area contributed by atoms with E-state index in [4.69, 9.17) is 0 Å². The van der Waals surface area contributed by atoms with Crippen LogP contribution in [0.5, 0.6) is 0 Å². The van der Waals surface area contributed by atoms with Gasteiger partial charge in [0.25, 0.3) is 0 Å². The van der Waals surface area contributed by atoms with Crippen molar-refractivity contribution in [3.05, 3.63) is 216 Å². The normalized spacial score (nSPS) is 14.1. The molecule has 0 amide bonds. The smallest absolute Gasteiger partial charge is 0.0561 e. The zero-order chi connectivity index (χ0) is 39.2. The van der Waals surface area contributed by atoms with E-state index in [1.165, 1.54) is 66.1 Å². The summed E-state index contributed by atoms with van der Waals surface area (Å²) in [6.45, 7) is 9.48. The molecule has 0 saturated carbocycles. The lowest BCUT2D eigenvalue weighted by Gasteiger charge is -2.32. The van der Waals surface area contributed by atoms with Crippen molar-refractivity contribution in [2.45, 2.75) is 38.5 Å². The summed E-state index contributed by atoms with van der Waals surface area (Å²) in [5.74, 6) is 0. The molecule has 2 heteroatoms. The van der Waals surface area contributed by atoms with Gasteiger partial charge in [0, 0.05) is 44.7 Å². The van der Waals surface area contributed by atoms with Gasteiger partial charge in [-0.15, -0.1) is 0 Å². The summed E-state index contributed by atoms with van der Waals surface area (Å²) in [6.07, 6.45) is 0. The van der Waals surface area contributed by atoms with Crippen molar-refractivity contribution in [2.24, 2.45) is 0 Å². The number of nitrogens with zero attached hydrogens (tertiary/aromatic N) is 2. The molecule has 2 aliphatic carbocycles. The molecule has 0 radical (unpaired) electrons. The average Bonchev–Trinajstić information content (AvgIpc) is 3.62. The molecule has 11 rings (SSSR count). The number of para-hydroxylation sites is 2. The lowest BCUT2D eigenvalue weighted by atomic mass is 9.81. The molecule has 0 saturated heterocycles. The minimum Gasteiger partial charge on any atom is -0.310 e. The number of anilines is 6. The van der Waals surface area contributed by atoms with Gasteiger partial charge < -0.3 is 9.80 Å². The maximum atomic E-state index is 2.48. The van der Waals surface area contributed by atoms with Crippen molar-refractivity contribution in [3.8, 4) is 22.3 Å². The Morgan fingerprint density at radius 3 is 1.48 bits per heavy atom. The summed E-state index contributed by atoms with van der Waals surface area (Å²) in [6, 6.07) is 72.0. The first kappa shape index (κ1) is 34.4. The highest BCUT2D eigenvalue weighted by Crippen LogP contribution is 2.54. The van der Waals surface area contributed by atoms with E-state index < -0.39 is 0 Å². The molecule has 0 aliphatic heterocycles. The molecule has 0 atom stereocenters. The molecule has 9 aromatic carbocycles. The van der Waals surface area contributed by atoms with Gasteiger partial charge in [-0.25, -0.2) is 0 Å². The van der Waals surface area contributed by atoms with Crippen LogP contribution in [0, 0.1) is 0 Å². The van der Waals surface area contributed by atoms with Gasteiger partial charge in [-0.3, -0.25) is 0 Å². The molecule has 9 aromatic rings. The number of hydrogen-bond donors (Lipinski definition) is 0. The maximum Gasteiger partial charge on any atom is 0.0561 e. The van der Waals surface area contributed by atoms with E-state index in [1.807, 2.05) is 0 Å². The van der Waals surface area contributed by atoms with Crippen molar-refractivity contribution < 1.29 is 0 Å². The summed E-state index contributed by atoms with van der Waals surface area (Å²) >= 11 is 0. The molecule has 0 spiro atoms. The molecule has 0 fully saturated rings. The second-order valence-electron chi connectivity index (χ2n) is 17.0. The first-order valence-electron chi connectivity index (χ1n) is 20.4. The quantitative estimate of drug-likeness (QED) is 0.167. The van der Waals surface area contributed by atoms with Gasteiger partial charge in [-0.2, -0.15) is 0 Å². The topological polar surface area (TPSA) is 6.48 Å².